The van der Waals surface area contributed by atoms with Gasteiger partial charge in [-0.15, -0.1) is 0 Å². The van der Waals surface area contributed by atoms with Crippen LogP contribution in [0.3, 0.4) is 0 Å². The van der Waals surface area contributed by atoms with E-state index in [4.69, 9.17) is 4.74 Å². The Hall–Kier alpha value is -1.06. The molecule has 1 saturated carbocycles. The number of rotatable bonds is 5. The Balaban J connectivity index is 2.26. The molecule has 0 aromatic heterocycles. The summed E-state index contributed by atoms with van der Waals surface area (Å²) in [7, 11) is 1.76. The molecule has 0 aromatic rings. The number of carbonyl (C=O) groups is 2. The summed E-state index contributed by atoms with van der Waals surface area (Å²) >= 11 is 0. The molecule has 0 saturated heterocycles. The highest BCUT2D eigenvalue weighted by Gasteiger charge is 2.21. The van der Waals surface area contributed by atoms with Crippen molar-refractivity contribution in [3.05, 3.63) is 0 Å². The quantitative estimate of drug-likeness (QED) is 0.529. The Labute approximate surface area is 96.9 Å². The molecule has 0 radical (unpaired) electrons. The maximum absolute atomic E-state index is 11.6. The summed E-state index contributed by atoms with van der Waals surface area (Å²) in [6.45, 7) is 2.85. The van der Waals surface area contributed by atoms with Gasteiger partial charge in [0.25, 0.3) is 0 Å². The monoisotopic (exact) mass is 227 g/mol. The Kier molecular flexibility index (Phi) is 5.29. The fourth-order valence-electron chi connectivity index (χ4n) is 2.15. The highest BCUT2D eigenvalue weighted by molar-refractivity contribution is 5.94. The van der Waals surface area contributed by atoms with Crippen molar-refractivity contribution in [2.24, 2.45) is 5.92 Å². The summed E-state index contributed by atoms with van der Waals surface area (Å²) < 4.78 is 4.75. The number of ether oxygens (including phenoxy) is 1. The molecule has 0 aliphatic heterocycles. The van der Waals surface area contributed by atoms with E-state index in [2.05, 4.69) is 0 Å². The minimum Gasteiger partial charge on any atom is -0.466 e. The van der Waals surface area contributed by atoms with Crippen molar-refractivity contribution >= 4 is 11.9 Å². The van der Waals surface area contributed by atoms with E-state index < -0.39 is 5.97 Å². The molecule has 4 nitrogen and oxygen atoms in total. The van der Waals surface area contributed by atoms with Gasteiger partial charge in [0.05, 0.1) is 6.61 Å². The molecule has 0 unspecified atom stereocenters. The van der Waals surface area contributed by atoms with E-state index in [1.807, 2.05) is 0 Å². The van der Waals surface area contributed by atoms with Crippen LogP contribution in [-0.4, -0.2) is 37.0 Å². The molecule has 1 amide bonds. The van der Waals surface area contributed by atoms with Crippen molar-refractivity contribution in [1.29, 1.82) is 0 Å². The first-order valence-corrected chi connectivity index (χ1v) is 6.03. The lowest BCUT2D eigenvalue weighted by atomic mass is 10.1. The third-order valence-corrected chi connectivity index (χ3v) is 3.03. The molecule has 0 N–H and O–H groups in total. The van der Waals surface area contributed by atoms with Gasteiger partial charge in [-0.3, -0.25) is 9.59 Å². The Morgan fingerprint density at radius 3 is 2.50 bits per heavy atom. The second-order valence-electron chi connectivity index (χ2n) is 4.41. The van der Waals surface area contributed by atoms with Crippen molar-refractivity contribution < 1.29 is 14.3 Å². The van der Waals surface area contributed by atoms with E-state index in [1.165, 1.54) is 25.7 Å². The van der Waals surface area contributed by atoms with Crippen LogP contribution in [0, 0.1) is 5.92 Å². The van der Waals surface area contributed by atoms with Gasteiger partial charge >= 0.3 is 5.97 Å². The van der Waals surface area contributed by atoms with Crippen LogP contribution in [0.2, 0.25) is 0 Å². The highest BCUT2D eigenvalue weighted by Crippen LogP contribution is 2.25. The molecule has 1 fully saturated rings. The Bertz CT molecular complexity index is 247. The van der Waals surface area contributed by atoms with Gasteiger partial charge in [-0.05, 0) is 25.7 Å². The van der Waals surface area contributed by atoms with E-state index >= 15 is 0 Å². The van der Waals surface area contributed by atoms with Crippen molar-refractivity contribution in [3.8, 4) is 0 Å². The van der Waals surface area contributed by atoms with E-state index in [-0.39, 0.29) is 12.3 Å². The summed E-state index contributed by atoms with van der Waals surface area (Å²) in [5, 5.41) is 0. The molecule has 4 heteroatoms. The van der Waals surface area contributed by atoms with Gasteiger partial charge in [-0.1, -0.05) is 12.8 Å². The van der Waals surface area contributed by atoms with Crippen LogP contribution >= 0.6 is 0 Å². The first kappa shape index (κ1) is 13.0. The van der Waals surface area contributed by atoms with E-state index in [0.717, 1.165) is 6.54 Å². The molecule has 0 aromatic carbocycles. The second-order valence-corrected chi connectivity index (χ2v) is 4.41. The smallest absolute Gasteiger partial charge is 0.315 e. The van der Waals surface area contributed by atoms with Crippen molar-refractivity contribution in [1.82, 2.24) is 4.90 Å². The molecule has 0 bridgehead atoms. The Morgan fingerprint density at radius 1 is 1.31 bits per heavy atom. The van der Waals surface area contributed by atoms with E-state index in [9.17, 15) is 9.59 Å². The zero-order chi connectivity index (χ0) is 12.0. The second kappa shape index (κ2) is 6.51. The minimum atomic E-state index is -0.425. The van der Waals surface area contributed by atoms with Gasteiger partial charge in [0.15, 0.2) is 0 Å². The maximum atomic E-state index is 11.6. The third kappa shape index (κ3) is 4.21. The lowest BCUT2D eigenvalue weighted by Gasteiger charge is -2.20. The normalized spacial score (nSPS) is 16.1. The summed E-state index contributed by atoms with van der Waals surface area (Å²) in [6, 6.07) is 0. The van der Waals surface area contributed by atoms with Crippen molar-refractivity contribution in [2.75, 3.05) is 20.2 Å². The number of hydrogen-bond acceptors (Lipinski definition) is 3. The molecule has 0 heterocycles. The molecule has 1 aliphatic carbocycles. The van der Waals surface area contributed by atoms with Crippen LogP contribution in [0.15, 0.2) is 0 Å². The van der Waals surface area contributed by atoms with Gasteiger partial charge in [0, 0.05) is 13.6 Å². The standard InChI is InChI=1S/C12H21NO3/c1-3-16-12(15)8-11(14)13(2)9-10-6-4-5-7-10/h10H,3-9H2,1-2H3. The number of nitrogens with zero attached hydrogens (tertiary/aromatic N) is 1. The molecule has 0 atom stereocenters. The molecule has 16 heavy (non-hydrogen) atoms. The minimum absolute atomic E-state index is 0.128. The number of esters is 1. The fourth-order valence-corrected chi connectivity index (χ4v) is 2.15. The van der Waals surface area contributed by atoms with Crippen LogP contribution in [0.4, 0.5) is 0 Å². The lowest BCUT2D eigenvalue weighted by Crippen LogP contribution is -2.32. The van der Waals surface area contributed by atoms with Crippen LogP contribution in [0.25, 0.3) is 0 Å². The summed E-state index contributed by atoms with van der Waals surface area (Å²) in [5.74, 6) is 0.0623. The van der Waals surface area contributed by atoms with Crippen LogP contribution in [0.1, 0.15) is 39.0 Å². The number of hydrogen-bond donors (Lipinski definition) is 0. The molecular weight excluding hydrogens is 206 g/mol. The van der Waals surface area contributed by atoms with Gasteiger partial charge in [0.2, 0.25) is 5.91 Å². The van der Waals surface area contributed by atoms with E-state index in [1.54, 1.807) is 18.9 Å². The van der Waals surface area contributed by atoms with Crippen LogP contribution < -0.4 is 0 Å². The first-order chi connectivity index (χ1) is 7.63. The topological polar surface area (TPSA) is 46.6 Å². The number of carbonyl (C=O) groups excluding carboxylic acids is 2. The van der Waals surface area contributed by atoms with Gasteiger partial charge in [-0.2, -0.15) is 0 Å². The zero-order valence-corrected chi connectivity index (χ0v) is 10.2. The predicted octanol–water partition coefficient (Wildman–Crippen LogP) is 1.59. The third-order valence-electron chi connectivity index (χ3n) is 3.03. The average molecular weight is 227 g/mol. The molecule has 92 valence electrons. The summed E-state index contributed by atoms with van der Waals surface area (Å²) in [4.78, 5) is 24.4. The number of amides is 1. The SMILES string of the molecule is CCOC(=O)CC(=O)N(C)CC1CCCC1. The molecule has 1 aliphatic rings. The first-order valence-electron chi connectivity index (χ1n) is 6.03. The highest BCUT2D eigenvalue weighted by atomic mass is 16.5. The molecule has 1 rings (SSSR count). The largest absolute Gasteiger partial charge is 0.466 e. The zero-order valence-electron chi connectivity index (χ0n) is 10.2. The lowest BCUT2D eigenvalue weighted by molar-refractivity contribution is -0.148. The predicted molar refractivity (Wildman–Crippen MR) is 60.8 cm³/mol. The fraction of sp³-hybridized carbons (Fsp3) is 0.833. The summed E-state index contributed by atoms with van der Waals surface area (Å²) in [5.41, 5.74) is 0. The molecular formula is C12H21NO3. The van der Waals surface area contributed by atoms with Crippen molar-refractivity contribution in [3.63, 3.8) is 0 Å². The van der Waals surface area contributed by atoms with Crippen molar-refractivity contribution in [2.45, 2.75) is 39.0 Å². The van der Waals surface area contributed by atoms with Gasteiger partial charge < -0.3 is 9.64 Å². The average Bonchev–Trinajstić information content (AvgIpc) is 2.70. The Morgan fingerprint density at radius 2 is 1.94 bits per heavy atom. The maximum Gasteiger partial charge on any atom is 0.315 e. The van der Waals surface area contributed by atoms with Crippen LogP contribution in [-0.2, 0) is 14.3 Å². The molecule has 0 spiro atoms. The van der Waals surface area contributed by atoms with Gasteiger partial charge in [0.1, 0.15) is 6.42 Å². The summed E-state index contributed by atoms with van der Waals surface area (Å²) in [6.07, 6.45) is 4.82. The van der Waals surface area contributed by atoms with Gasteiger partial charge in [-0.25, -0.2) is 0 Å². The van der Waals surface area contributed by atoms with Crippen LogP contribution in [0.5, 0.6) is 0 Å². The van der Waals surface area contributed by atoms with E-state index in [0.29, 0.717) is 12.5 Å².